The Morgan fingerprint density at radius 2 is 2.29 bits per heavy atom. The summed E-state index contributed by atoms with van der Waals surface area (Å²) in [6.45, 7) is 0.579. The van der Waals surface area contributed by atoms with Gasteiger partial charge in [-0.05, 0) is 12.5 Å². The van der Waals surface area contributed by atoms with Gasteiger partial charge in [-0.1, -0.05) is 30.0 Å². The van der Waals surface area contributed by atoms with Gasteiger partial charge in [-0.15, -0.1) is 0 Å². The maximum Gasteiger partial charge on any atom is 0.238 e. The number of carbonyl (C=O) groups is 1. The van der Waals surface area contributed by atoms with Crippen molar-refractivity contribution in [1.82, 2.24) is 25.7 Å². The summed E-state index contributed by atoms with van der Waals surface area (Å²) in [4.78, 5) is 16.5. The van der Waals surface area contributed by atoms with Gasteiger partial charge in [-0.2, -0.15) is 0 Å². The first kappa shape index (κ1) is 16.8. The number of phenols is 1. The van der Waals surface area contributed by atoms with Crippen LogP contribution >= 0.6 is 11.8 Å². The zero-order valence-electron chi connectivity index (χ0n) is 13.4. The fraction of sp³-hybridized carbons (Fsp3) is 0.375. The number of hydrogen-bond acceptors (Lipinski definition) is 6. The summed E-state index contributed by atoms with van der Waals surface area (Å²) in [7, 11) is 1.95. The molecule has 0 spiro atoms. The highest BCUT2D eigenvalue weighted by molar-refractivity contribution is 7.99. The number of nitrogens with zero attached hydrogens (tertiary/aromatic N) is 2. The molecule has 1 aliphatic rings. The maximum atomic E-state index is 12.2. The maximum absolute atomic E-state index is 12.2. The number of hydrogen-bond donors (Lipinski definition) is 4. The molecule has 1 saturated heterocycles. The van der Waals surface area contributed by atoms with E-state index in [2.05, 4.69) is 21.2 Å². The van der Waals surface area contributed by atoms with Crippen LogP contribution in [0.1, 0.15) is 18.0 Å². The molecule has 2 heterocycles. The van der Waals surface area contributed by atoms with E-state index in [-0.39, 0.29) is 23.7 Å². The highest BCUT2D eigenvalue weighted by atomic mass is 32.2. The molecule has 1 aromatic carbocycles. The summed E-state index contributed by atoms with van der Waals surface area (Å²) in [6, 6.07) is 6.78. The third-order valence-electron chi connectivity index (χ3n) is 3.94. The number of aromatic nitrogens is 2. The van der Waals surface area contributed by atoms with Crippen molar-refractivity contribution >= 4 is 17.7 Å². The monoisotopic (exact) mass is 347 g/mol. The Hall–Kier alpha value is -2.03. The number of nitrogens with one attached hydrogen (secondary N) is 3. The second kappa shape index (κ2) is 7.69. The van der Waals surface area contributed by atoms with Crippen LogP contribution in [0.25, 0.3) is 0 Å². The molecule has 1 fully saturated rings. The second-order valence-electron chi connectivity index (χ2n) is 5.65. The molecule has 128 valence electrons. The van der Waals surface area contributed by atoms with Crippen molar-refractivity contribution in [3.63, 3.8) is 0 Å². The predicted molar refractivity (Wildman–Crippen MR) is 92.5 cm³/mol. The van der Waals surface area contributed by atoms with Crippen molar-refractivity contribution in [2.75, 3.05) is 12.3 Å². The molecule has 2 aromatic rings. The number of rotatable bonds is 6. The first-order chi connectivity index (χ1) is 11.6. The number of phenolic OH excluding ortho intramolecular Hbond substituents is 1. The van der Waals surface area contributed by atoms with Gasteiger partial charge in [-0.25, -0.2) is 15.8 Å². The molecule has 1 aliphatic heterocycles. The summed E-state index contributed by atoms with van der Waals surface area (Å²) < 4.78 is 1.95. The van der Waals surface area contributed by atoms with Crippen LogP contribution in [0.5, 0.6) is 5.75 Å². The number of amides is 1. The number of aromatic hydroxyl groups is 1. The smallest absolute Gasteiger partial charge is 0.238 e. The van der Waals surface area contributed by atoms with E-state index in [0.29, 0.717) is 13.0 Å². The summed E-state index contributed by atoms with van der Waals surface area (Å²) in [5.41, 5.74) is 6.87. The van der Waals surface area contributed by atoms with Gasteiger partial charge >= 0.3 is 0 Å². The third-order valence-corrected chi connectivity index (χ3v) is 5.00. The minimum atomic E-state index is -0.312. The first-order valence-electron chi connectivity index (χ1n) is 7.82. The molecule has 0 bridgehead atoms. The van der Waals surface area contributed by atoms with E-state index >= 15 is 0 Å². The predicted octanol–water partition coefficient (Wildman–Crippen LogP) is 0.942. The fourth-order valence-electron chi connectivity index (χ4n) is 2.64. The molecule has 0 radical (unpaired) electrons. The van der Waals surface area contributed by atoms with Gasteiger partial charge in [0.1, 0.15) is 11.8 Å². The summed E-state index contributed by atoms with van der Waals surface area (Å²) in [5.74, 6) is 0.963. The lowest BCUT2D eigenvalue weighted by atomic mass is 10.0. The van der Waals surface area contributed by atoms with Crippen LogP contribution in [0.2, 0.25) is 0 Å². The van der Waals surface area contributed by atoms with Crippen LogP contribution in [0.4, 0.5) is 0 Å². The molecule has 1 amide bonds. The van der Waals surface area contributed by atoms with Crippen molar-refractivity contribution < 1.29 is 9.90 Å². The van der Waals surface area contributed by atoms with Crippen LogP contribution < -0.4 is 16.2 Å². The number of thioether (sulfide) groups is 1. The molecular weight excluding hydrogens is 326 g/mol. The Balaban J connectivity index is 1.43. The van der Waals surface area contributed by atoms with Crippen LogP contribution in [0.3, 0.4) is 0 Å². The van der Waals surface area contributed by atoms with Crippen molar-refractivity contribution in [1.29, 1.82) is 0 Å². The van der Waals surface area contributed by atoms with E-state index in [1.807, 2.05) is 29.9 Å². The normalized spacial score (nSPS) is 20.2. The van der Waals surface area contributed by atoms with Crippen molar-refractivity contribution in [2.45, 2.75) is 23.7 Å². The van der Waals surface area contributed by atoms with Crippen molar-refractivity contribution in [2.24, 2.45) is 7.05 Å². The first-order valence-corrected chi connectivity index (χ1v) is 8.80. The Morgan fingerprint density at radius 3 is 3.04 bits per heavy atom. The molecule has 0 aliphatic carbocycles. The molecule has 24 heavy (non-hydrogen) atoms. The highest BCUT2D eigenvalue weighted by Crippen LogP contribution is 2.29. The Kier molecular flexibility index (Phi) is 5.39. The van der Waals surface area contributed by atoms with Gasteiger partial charge in [0.25, 0.3) is 0 Å². The second-order valence-corrected chi connectivity index (χ2v) is 6.71. The largest absolute Gasteiger partial charge is 0.508 e. The fourth-order valence-corrected chi connectivity index (χ4v) is 3.43. The SMILES string of the molecule is Cn1ccnc1SCCNC(=O)C1CC(c2ccccc2O)NN1. The van der Waals surface area contributed by atoms with E-state index in [0.717, 1.165) is 16.5 Å². The zero-order chi connectivity index (χ0) is 16.9. The van der Waals surface area contributed by atoms with Crippen LogP contribution in [-0.4, -0.2) is 38.9 Å². The van der Waals surface area contributed by atoms with E-state index in [1.54, 1.807) is 30.1 Å². The Morgan fingerprint density at radius 1 is 1.46 bits per heavy atom. The molecule has 2 atom stereocenters. The highest BCUT2D eigenvalue weighted by Gasteiger charge is 2.31. The van der Waals surface area contributed by atoms with Crippen molar-refractivity contribution in [3.05, 3.63) is 42.2 Å². The van der Waals surface area contributed by atoms with E-state index in [4.69, 9.17) is 0 Å². The Labute approximate surface area is 144 Å². The van der Waals surface area contributed by atoms with E-state index in [9.17, 15) is 9.90 Å². The lowest BCUT2D eigenvalue weighted by Crippen LogP contribution is -2.43. The van der Waals surface area contributed by atoms with Gasteiger partial charge in [0.2, 0.25) is 5.91 Å². The number of hydrazine groups is 1. The number of aryl methyl sites for hydroxylation is 1. The van der Waals surface area contributed by atoms with Gasteiger partial charge in [0.05, 0.1) is 6.04 Å². The molecular formula is C16H21N5O2S. The quantitative estimate of drug-likeness (QED) is 0.459. The van der Waals surface area contributed by atoms with Gasteiger partial charge in [0, 0.05) is 37.3 Å². The lowest BCUT2D eigenvalue weighted by Gasteiger charge is -2.11. The number of carbonyl (C=O) groups excluding carboxylic acids is 1. The van der Waals surface area contributed by atoms with Crippen molar-refractivity contribution in [3.8, 4) is 5.75 Å². The zero-order valence-corrected chi connectivity index (χ0v) is 14.2. The lowest BCUT2D eigenvalue weighted by molar-refractivity contribution is -0.122. The summed E-state index contributed by atoms with van der Waals surface area (Å²) >= 11 is 1.61. The average molecular weight is 347 g/mol. The molecule has 2 unspecified atom stereocenters. The molecule has 3 rings (SSSR count). The van der Waals surface area contributed by atoms with Gasteiger partial charge in [-0.3, -0.25) is 4.79 Å². The molecule has 4 N–H and O–H groups in total. The Bertz CT molecular complexity index is 705. The molecule has 0 saturated carbocycles. The van der Waals surface area contributed by atoms with Crippen LogP contribution in [0.15, 0.2) is 41.8 Å². The van der Waals surface area contributed by atoms with Gasteiger partial charge in [0.15, 0.2) is 5.16 Å². The number of imidazole rings is 1. The van der Waals surface area contributed by atoms with Crippen LogP contribution in [-0.2, 0) is 11.8 Å². The minimum absolute atomic E-state index is 0.0409. The standard InChI is InChI=1S/C16H21N5O2S/c1-21-8-6-18-16(21)24-9-7-17-15(23)13-10-12(19-20-13)11-4-2-3-5-14(11)22/h2-6,8,12-13,19-20,22H,7,9-10H2,1H3,(H,17,23). The topological polar surface area (TPSA) is 91.2 Å². The van der Waals surface area contributed by atoms with Gasteiger partial charge < -0.3 is 15.0 Å². The average Bonchev–Trinajstić information content (AvgIpc) is 3.21. The summed E-state index contributed by atoms with van der Waals surface area (Å²) in [6.07, 6.45) is 4.25. The molecule has 1 aromatic heterocycles. The summed E-state index contributed by atoms with van der Waals surface area (Å²) in [5, 5.41) is 13.8. The third kappa shape index (κ3) is 3.89. The minimum Gasteiger partial charge on any atom is -0.508 e. The number of para-hydroxylation sites is 1. The molecule has 8 heteroatoms. The van der Waals surface area contributed by atoms with E-state index in [1.165, 1.54) is 0 Å². The van der Waals surface area contributed by atoms with Crippen LogP contribution in [0, 0.1) is 0 Å². The number of benzene rings is 1. The molecule has 7 nitrogen and oxygen atoms in total. The van der Waals surface area contributed by atoms with E-state index < -0.39 is 0 Å².